The fourth-order valence-corrected chi connectivity index (χ4v) is 2.25. The van der Waals surface area contributed by atoms with E-state index in [1.54, 1.807) is 0 Å². The summed E-state index contributed by atoms with van der Waals surface area (Å²) < 4.78 is 0. The van der Waals surface area contributed by atoms with Gasteiger partial charge in [-0.3, -0.25) is 0 Å². The Morgan fingerprint density at radius 2 is 2.12 bits per heavy atom. The van der Waals surface area contributed by atoms with Crippen molar-refractivity contribution >= 4 is 26.5 Å². The van der Waals surface area contributed by atoms with Gasteiger partial charge in [-0.15, -0.1) is 0 Å². The second-order valence-corrected chi connectivity index (χ2v) is 4.61. The monoisotopic (exact) mass is 227 g/mol. The molecule has 1 heterocycles. The highest BCUT2D eigenvalue weighted by Crippen LogP contribution is 2.26. The maximum Gasteiger partial charge on any atom is 0.142 e. The number of fused-ring (bicyclic) bond motifs is 1. The lowest BCUT2D eigenvalue weighted by Gasteiger charge is -2.20. The number of allylic oxidation sites excluding steroid dienone is 1. The third-order valence-electron chi connectivity index (χ3n) is 3.06. The van der Waals surface area contributed by atoms with Crippen LogP contribution in [-0.4, -0.2) is 38.0 Å². The molecule has 1 aliphatic rings. The summed E-state index contributed by atoms with van der Waals surface area (Å²) in [4.78, 5) is 11.6. The average molecular weight is 227 g/mol. The number of aromatic nitrogens is 2. The summed E-state index contributed by atoms with van der Waals surface area (Å²) in [7, 11) is 4.37. The second kappa shape index (κ2) is 5.39. The minimum Gasteiger partial charge on any atom is -0.367 e. The molecular formula is C12H19B2N3. The van der Waals surface area contributed by atoms with Gasteiger partial charge in [0, 0.05) is 12.6 Å². The van der Waals surface area contributed by atoms with E-state index in [9.17, 15) is 0 Å². The van der Waals surface area contributed by atoms with Crippen molar-refractivity contribution in [2.45, 2.75) is 26.4 Å². The van der Waals surface area contributed by atoms with E-state index in [2.05, 4.69) is 42.7 Å². The largest absolute Gasteiger partial charge is 0.367 e. The summed E-state index contributed by atoms with van der Waals surface area (Å²) in [6.45, 7) is 4.37. The van der Waals surface area contributed by atoms with Crippen LogP contribution in [0.25, 0.3) is 6.08 Å². The summed E-state index contributed by atoms with van der Waals surface area (Å²) in [5.41, 5.74) is 2.42. The van der Waals surface area contributed by atoms with Crippen molar-refractivity contribution in [3.8, 4) is 0 Å². The number of anilines is 1. The Morgan fingerprint density at radius 1 is 1.29 bits per heavy atom. The van der Waals surface area contributed by atoms with Gasteiger partial charge < -0.3 is 4.90 Å². The van der Waals surface area contributed by atoms with Gasteiger partial charge in [-0.1, -0.05) is 19.7 Å². The summed E-state index contributed by atoms with van der Waals surface area (Å²) in [6.07, 6.45) is 7.30. The molecule has 0 saturated carbocycles. The smallest absolute Gasteiger partial charge is 0.142 e. The van der Waals surface area contributed by atoms with Crippen molar-refractivity contribution in [1.29, 1.82) is 0 Å². The molecule has 1 aromatic rings. The molecule has 5 heteroatoms. The van der Waals surface area contributed by atoms with Gasteiger partial charge in [0.25, 0.3) is 0 Å². The van der Waals surface area contributed by atoms with Gasteiger partial charge in [0.15, 0.2) is 0 Å². The van der Waals surface area contributed by atoms with E-state index in [4.69, 9.17) is 4.98 Å². The van der Waals surface area contributed by atoms with E-state index in [0.717, 1.165) is 51.1 Å². The van der Waals surface area contributed by atoms with Gasteiger partial charge in [-0.05, 0) is 25.3 Å². The maximum atomic E-state index is 4.73. The minimum absolute atomic E-state index is 0.966. The van der Waals surface area contributed by atoms with Crippen molar-refractivity contribution in [1.82, 2.24) is 9.97 Å². The van der Waals surface area contributed by atoms with E-state index < -0.39 is 0 Å². The summed E-state index contributed by atoms with van der Waals surface area (Å²) in [6, 6.07) is 0. The van der Waals surface area contributed by atoms with Crippen LogP contribution < -0.4 is 4.90 Å². The molecule has 1 aromatic heterocycles. The molecule has 0 saturated heterocycles. The van der Waals surface area contributed by atoms with Gasteiger partial charge in [0.1, 0.15) is 26.2 Å². The number of rotatable bonds is 5. The summed E-state index contributed by atoms with van der Waals surface area (Å²) in [5.74, 6) is 2.11. The van der Waals surface area contributed by atoms with E-state index >= 15 is 0 Å². The molecule has 0 bridgehead atoms. The Kier molecular flexibility index (Phi) is 3.87. The second-order valence-electron chi connectivity index (χ2n) is 4.61. The summed E-state index contributed by atoms with van der Waals surface area (Å²) in [5, 5.41) is 0. The highest BCUT2D eigenvalue weighted by molar-refractivity contribution is 6.34. The first-order valence-electron chi connectivity index (χ1n) is 6.53. The molecular weight excluding hydrogens is 208 g/mol. The third-order valence-corrected chi connectivity index (χ3v) is 3.06. The molecule has 17 heavy (non-hydrogen) atoms. The first-order valence-corrected chi connectivity index (χ1v) is 6.53. The van der Waals surface area contributed by atoms with Crippen molar-refractivity contribution < 1.29 is 0 Å². The Hall–Kier alpha value is -1.25. The van der Waals surface area contributed by atoms with Crippen LogP contribution in [0.1, 0.15) is 17.1 Å². The molecule has 0 aromatic carbocycles. The zero-order valence-electron chi connectivity index (χ0n) is 11.0. The van der Waals surface area contributed by atoms with Crippen molar-refractivity contribution in [2.24, 2.45) is 0 Å². The first kappa shape index (κ1) is 12.2. The Bertz CT molecular complexity index is 432. The van der Waals surface area contributed by atoms with Crippen molar-refractivity contribution in [3.05, 3.63) is 23.2 Å². The highest BCUT2D eigenvalue weighted by atomic mass is 15.2. The van der Waals surface area contributed by atoms with Gasteiger partial charge in [0.2, 0.25) is 0 Å². The molecule has 0 aliphatic heterocycles. The fraction of sp³-hybridized carbons (Fsp3) is 0.500. The van der Waals surface area contributed by atoms with E-state index in [1.807, 2.05) is 0 Å². The predicted molar refractivity (Wildman–Crippen MR) is 77.8 cm³/mol. The zero-order valence-corrected chi connectivity index (χ0v) is 11.0. The Labute approximate surface area is 105 Å². The molecule has 0 unspecified atom stereocenters. The van der Waals surface area contributed by atoms with Crippen LogP contribution in [0.4, 0.5) is 5.82 Å². The standard InChI is InChI=1S/C12H19B2N3/c1-13-7-11-15-10-6-4-5-9(10)12(16-11)17(3)8-14-2/h4,6,13-14H,5,7-8H2,1-3H3. The highest BCUT2D eigenvalue weighted by Gasteiger charge is 2.17. The third kappa shape index (κ3) is 2.54. The normalized spacial score (nSPS) is 12.4. The van der Waals surface area contributed by atoms with Crippen LogP contribution in [-0.2, 0) is 12.7 Å². The number of nitrogens with zero attached hydrogens (tertiary/aromatic N) is 3. The van der Waals surface area contributed by atoms with Gasteiger partial charge in [-0.2, -0.15) is 0 Å². The Morgan fingerprint density at radius 3 is 2.82 bits per heavy atom. The summed E-state index contributed by atoms with van der Waals surface area (Å²) >= 11 is 0. The topological polar surface area (TPSA) is 29.0 Å². The Balaban J connectivity index is 2.36. The van der Waals surface area contributed by atoms with Crippen LogP contribution in [0.15, 0.2) is 6.08 Å². The minimum atomic E-state index is 0.966. The molecule has 0 spiro atoms. The molecule has 2 rings (SSSR count). The van der Waals surface area contributed by atoms with Gasteiger partial charge >= 0.3 is 0 Å². The molecule has 88 valence electrons. The lowest BCUT2D eigenvalue weighted by atomic mass is 9.78. The molecule has 0 N–H and O–H groups in total. The lowest BCUT2D eigenvalue weighted by molar-refractivity contribution is 0.930. The first-order chi connectivity index (χ1) is 8.26. The fourth-order valence-electron chi connectivity index (χ4n) is 2.25. The number of hydrogen-bond acceptors (Lipinski definition) is 3. The van der Waals surface area contributed by atoms with Crippen LogP contribution in [0, 0.1) is 0 Å². The zero-order chi connectivity index (χ0) is 12.3. The van der Waals surface area contributed by atoms with E-state index in [-0.39, 0.29) is 0 Å². The molecule has 0 amide bonds. The average Bonchev–Trinajstić information content (AvgIpc) is 2.76. The maximum absolute atomic E-state index is 4.73. The predicted octanol–water partition coefficient (Wildman–Crippen LogP) is 0.909. The quantitative estimate of drug-likeness (QED) is 0.700. The van der Waals surface area contributed by atoms with Gasteiger partial charge in [0.05, 0.1) is 5.69 Å². The van der Waals surface area contributed by atoms with E-state index in [1.165, 1.54) is 5.56 Å². The van der Waals surface area contributed by atoms with Crippen molar-refractivity contribution in [2.75, 3.05) is 18.4 Å². The van der Waals surface area contributed by atoms with Gasteiger partial charge in [-0.25, -0.2) is 9.97 Å². The van der Waals surface area contributed by atoms with Crippen LogP contribution >= 0.6 is 0 Å². The van der Waals surface area contributed by atoms with E-state index in [0.29, 0.717) is 0 Å². The molecule has 1 aliphatic carbocycles. The van der Waals surface area contributed by atoms with Crippen molar-refractivity contribution in [3.63, 3.8) is 0 Å². The van der Waals surface area contributed by atoms with Crippen LogP contribution in [0.5, 0.6) is 0 Å². The van der Waals surface area contributed by atoms with Crippen LogP contribution in [0.2, 0.25) is 13.6 Å². The molecule has 0 radical (unpaired) electrons. The molecule has 0 atom stereocenters. The molecule has 3 nitrogen and oxygen atoms in total. The molecule has 0 fully saturated rings. The lowest BCUT2D eigenvalue weighted by Crippen LogP contribution is -2.25. The number of hydrogen-bond donors (Lipinski definition) is 0. The van der Waals surface area contributed by atoms with Crippen LogP contribution in [0.3, 0.4) is 0 Å². The SMILES string of the molecule is CBCc1nc2c(c(N(C)CBC)n1)CC=C2.